The molecule has 0 saturated heterocycles. The number of benzene rings is 1. The molecule has 0 bridgehead atoms. The number of nitrogens with zero attached hydrogens (tertiary/aromatic N) is 1. The average molecular weight is 264 g/mol. The van der Waals surface area contributed by atoms with Crippen LogP contribution in [0.15, 0.2) is 29.2 Å². The molecule has 0 saturated carbocycles. The number of rotatable bonds is 2. The molecule has 0 fully saturated rings. The number of sulfonamides is 1. The van der Waals surface area contributed by atoms with Crippen molar-refractivity contribution in [3.05, 3.63) is 34.1 Å². The monoisotopic (exact) mass is 263 g/mol. The molecule has 0 aromatic heterocycles. The predicted octanol–water partition coefficient (Wildman–Crippen LogP) is -2.43. The molecule has 82 valence electrons. The van der Waals surface area contributed by atoms with Crippen molar-refractivity contribution in [1.29, 1.82) is 0 Å². The van der Waals surface area contributed by atoms with E-state index < -0.39 is 10.0 Å². The van der Waals surface area contributed by atoms with Crippen molar-refractivity contribution in [2.45, 2.75) is 11.8 Å². The molecule has 0 aliphatic rings. The Balaban J connectivity index is -0.000000480. The maximum Gasteiger partial charge on any atom is 1.00 e. The molecule has 1 aromatic rings. The summed E-state index contributed by atoms with van der Waals surface area (Å²) in [4.78, 5) is 0.114. The zero-order chi connectivity index (χ0) is 9.19. The van der Waals surface area contributed by atoms with E-state index in [1.807, 2.05) is 6.92 Å². The molecule has 0 heterocycles. The van der Waals surface area contributed by atoms with Gasteiger partial charge in [-0.25, -0.2) is 8.42 Å². The van der Waals surface area contributed by atoms with Crippen molar-refractivity contribution in [3.63, 3.8) is 0 Å². The third-order valence-electron chi connectivity index (χ3n) is 1.41. The Morgan fingerprint density at radius 1 is 1.13 bits per heavy atom. The van der Waals surface area contributed by atoms with Gasteiger partial charge in [0, 0.05) is 4.90 Å². The first kappa shape index (κ1) is 20.7. The molecule has 1 aromatic carbocycles. The van der Waals surface area contributed by atoms with Gasteiger partial charge in [0.25, 0.3) is 0 Å². The van der Waals surface area contributed by atoms with Crippen LogP contribution < -0.4 is 29.6 Å². The summed E-state index contributed by atoms with van der Waals surface area (Å²) in [6.07, 6.45) is 0. The van der Waals surface area contributed by atoms with Gasteiger partial charge >= 0.3 is 29.6 Å². The molecule has 8 heteroatoms. The maximum absolute atomic E-state index is 11.0. The third-order valence-corrected chi connectivity index (χ3v) is 3.00. The standard InChI is InChI=1S/C7H7ClNO2S.Na.2H2O/c1-6-2-4-7(5-3-6)12(10,11)9-8;;;/h2-5H,1H3;;2*1H2/q-1;+1;;. The first-order valence-corrected chi connectivity index (χ1v) is 4.99. The van der Waals surface area contributed by atoms with Crippen molar-refractivity contribution in [2.24, 2.45) is 0 Å². The van der Waals surface area contributed by atoms with Gasteiger partial charge in [0.1, 0.15) is 10.0 Å². The van der Waals surface area contributed by atoms with Gasteiger partial charge in [0.05, 0.1) is 0 Å². The van der Waals surface area contributed by atoms with E-state index in [0.717, 1.165) is 5.56 Å². The van der Waals surface area contributed by atoms with Gasteiger partial charge < -0.3 is 15.2 Å². The normalized spacial score (nSPS) is 9.20. The topological polar surface area (TPSA) is 111 Å². The third kappa shape index (κ3) is 5.84. The Hall–Kier alpha value is 0.340. The summed E-state index contributed by atoms with van der Waals surface area (Å²) in [6.45, 7) is 1.87. The van der Waals surface area contributed by atoms with Crippen molar-refractivity contribution in [1.82, 2.24) is 0 Å². The van der Waals surface area contributed by atoms with Gasteiger partial charge in [0.15, 0.2) is 0 Å². The Morgan fingerprint density at radius 2 is 1.53 bits per heavy atom. The molecule has 0 unspecified atom stereocenters. The van der Waals surface area contributed by atoms with Gasteiger partial charge in [0.2, 0.25) is 0 Å². The molecule has 0 amide bonds. The fourth-order valence-corrected chi connectivity index (χ4v) is 1.55. The van der Waals surface area contributed by atoms with Crippen molar-refractivity contribution in [3.8, 4) is 0 Å². The summed E-state index contributed by atoms with van der Waals surface area (Å²) in [5.41, 5.74) is 0.989. The van der Waals surface area contributed by atoms with E-state index in [4.69, 9.17) is 11.8 Å². The SMILES string of the molecule is Cc1ccc(S(=O)(=O)[N-]Cl)cc1.O.O.[Na+]. The van der Waals surface area contributed by atoms with Crippen LogP contribution in [0.1, 0.15) is 5.56 Å². The van der Waals surface area contributed by atoms with Gasteiger partial charge in [-0.05, 0) is 19.1 Å². The zero-order valence-corrected chi connectivity index (χ0v) is 11.9. The molecule has 1 rings (SSSR count). The van der Waals surface area contributed by atoms with Crippen LogP contribution in [0.5, 0.6) is 0 Å². The molecular weight excluding hydrogens is 253 g/mol. The predicted molar refractivity (Wildman–Crippen MR) is 54.8 cm³/mol. The molecule has 0 atom stereocenters. The zero-order valence-electron chi connectivity index (χ0n) is 8.36. The molecule has 5 nitrogen and oxygen atoms in total. The van der Waals surface area contributed by atoms with E-state index in [9.17, 15) is 8.42 Å². The molecule has 0 aliphatic heterocycles. The van der Waals surface area contributed by atoms with Crippen LogP contribution in [0.3, 0.4) is 0 Å². The first-order valence-electron chi connectivity index (χ1n) is 3.21. The van der Waals surface area contributed by atoms with Crippen LogP contribution in [-0.2, 0) is 10.0 Å². The van der Waals surface area contributed by atoms with Gasteiger partial charge in [-0.3, -0.25) is 11.8 Å². The minimum absolute atomic E-state index is 0. The molecule has 0 spiro atoms. The molecule has 15 heavy (non-hydrogen) atoms. The number of hydrogen-bond acceptors (Lipinski definition) is 2. The Morgan fingerprint density at radius 3 is 1.87 bits per heavy atom. The fraction of sp³-hybridized carbons (Fsp3) is 0.143. The minimum Gasteiger partial charge on any atom is -0.458 e. The van der Waals surface area contributed by atoms with E-state index in [1.165, 1.54) is 12.1 Å². The van der Waals surface area contributed by atoms with Crippen LogP contribution in [0, 0.1) is 6.92 Å². The maximum atomic E-state index is 11.0. The fourth-order valence-electron chi connectivity index (χ4n) is 0.750. The Labute approximate surface area is 116 Å². The van der Waals surface area contributed by atoms with Crippen molar-refractivity contribution >= 4 is 21.8 Å². The second-order valence-corrected chi connectivity index (χ2v) is 4.33. The summed E-state index contributed by atoms with van der Waals surface area (Å²) in [5.74, 6) is 0. The van der Waals surface area contributed by atoms with E-state index in [-0.39, 0.29) is 45.4 Å². The Bertz CT molecular complexity index is 367. The van der Waals surface area contributed by atoms with E-state index in [1.54, 1.807) is 12.1 Å². The number of hydrogen-bond donors (Lipinski definition) is 0. The molecule has 4 N–H and O–H groups in total. The summed E-state index contributed by atoms with van der Waals surface area (Å²) in [7, 11) is -3.62. The van der Waals surface area contributed by atoms with Crippen LogP contribution in [-0.4, -0.2) is 19.4 Å². The largest absolute Gasteiger partial charge is 1.00 e. The van der Waals surface area contributed by atoms with E-state index in [0.29, 0.717) is 0 Å². The second-order valence-electron chi connectivity index (χ2n) is 2.36. The smallest absolute Gasteiger partial charge is 0.458 e. The molecule has 0 radical (unpaired) electrons. The van der Waals surface area contributed by atoms with Gasteiger partial charge in [-0.1, -0.05) is 17.7 Å². The van der Waals surface area contributed by atoms with Crippen molar-refractivity contribution in [2.75, 3.05) is 0 Å². The first-order chi connectivity index (χ1) is 5.56. The van der Waals surface area contributed by atoms with Crippen LogP contribution >= 0.6 is 11.8 Å². The van der Waals surface area contributed by atoms with E-state index in [2.05, 4.69) is 4.24 Å². The number of halogens is 1. The summed E-state index contributed by atoms with van der Waals surface area (Å²) in [6, 6.07) is 6.32. The van der Waals surface area contributed by atoms with Crippen LogP contribution in [0.2, 0.25) is 0 Å². The average Bonchev–Trinajstić information content (AvgIpc) is 2.05. The molecular formula is C7H11ClNNaO4S. The summed E-state index contributed by atoms with van der Waals surface area (Å²) >= 11 is 4.90. The Kier molecular flexibility index (Phi) is 11.7. The van der Waals surface area contributed by atoms with Gasteiger partial charge in [-0.2, -0.15) is 0 Å². The summed E-state index contributed by atoms with van der Waals surface area (Å²) < 4.78 is 24.8. The summed E-state index contributed by atoms with van der Waals surface area (Å²) in [5, 5.41) is 0. The van der Waals surface area contributed by atoms with E-state index >= 15 is 0 Å². The quantitative estimate of drug-likeness (QED) is 0.552. The second kappa shape index (κ2) is 8.49. The van der Waals surface area contributed by atoms with Crippen LogP contribution in [0.25, 0.3) is 4.24 Å². The minimum atomic E-state index is -3.62. The van der Waals surface area contributed by atoms with Crippen molar-refractivity contribution < 1.29 is 48.9 Å². The van der Waals surface area contributed by atoms with Gasteiger partial charge in [-0.15, -0.1) is 0 Å². The molecule has 0 aliphatic carbocycles. The van der Waals surface area contributed by atoms with Crippen LogP contribution in [0.4, 0.5) is 0 Å². The number of aryl methyl sites for hydroxylation is 1.